The van der Waals surface area contributed by atoms with E-state index in [0.29, 0.717) is 17.9 Å². The summed E-state index contributed by atoms with van der Waals surface area (Å²) in [6, 6.07) is 9.58. The van der Waals surface area contributed by atoms with Crippen molar-refractivity contribution in [2.75, 3.05) is 6.54 Å². The van der Waals surface area contributed by atoms with Gasteiger partial charge in [0.2, 0.25) is 5.91 Å². The molecule has 0 aliphatic heterocycles. The molecule has 1 aromatic carbocycles. The van der Waals surface area contributed by atoms with Gasteiger partial charge >= 0.3 is 11.9 Å². The summed E-state index contributed by atoms with van der Waals surface area (Å²) in [5.74, 6) is -4.18. The number of carbonyl (C=O) groups is 3. The van der Waals surface area contributed by atoms with Gasteiger partial charge in [-0.1, -0.05) is 30.3 Å². The first-order chi connectivity index (χ1) is 10.9. The quantitative estimate of drug-likeness (QED) is 0.447. The molecule has 0 aliphatic carbocycles. The van der Waals surface area contributed by atoms with Crippen LogP contribution < -0.4 is 0 Å². The lowest BCUT2D eigenvalue weighted by molar-refractivity contribution is -0.168. The van der Waals surface area contributed by atoms with E-state index in [4.69, 9.17) is 10.2 Å². The number of carboxylic acids is 2. The summed E-state index contributed by atoms with van der Waals surface area (Å²) in [4.78, 5) is 33.3. The van der Waals surface area contributed by atoms with Gasteiger partial charge in [-0.05, 0) is 24.8 Å². The van der Waals surface area contributed by atoms with Crippen molar-refractivity contribution in [3.63, 3.8) is 0 Å². The molecule has 126 valence electrons. The van der Waals surface area contributed by atoms with Crippen molar-refractivity contribution in [1.29, 1.82) is 0 Å². The predicted molar refractivity (Wildman–Crippen MR) is 80.9 cm³/mol. The molecule has 0 aliphatic rings. The van der Waals surface area contributed by atoms with Gasteiger partial charge in [0, 0.05) is 19.4 Å². The maximum Gasteiger partial charge on any atom is 0.307 e. The van der Waals surface area contributed by atoms with Crippen molar-refractivity contribution < 1.29 is 29.8 Å². The number of rotatable bonds is 10. The van der Waals surface area contributed by atoms with Gasteiger partial charge < -0.3 is 10.2 Å². The molecule has 0 heterocycles. The summed E-state index contributed by atoms with van der Waals surface area (Å²) in [6.07, 6.45) is 0.341. The SMILES string of the molecule is O=C(O)CCC(CC(=O)N(O)CCCc1ccccc1)C(=O)O. The molecule has 0 aromatic heterocycles. The lowest BCUT2D eigenvalue weighted by atomic mass is 9.99. The van der Waals surface area contributed by atoms with E-state index in [9.17, 15) is 19.6 Å². The Morgan fingerprint density at radius 2 is 1.74 bits per heavy atom. The molecule has 0 spiro atoms. The molecule has 0 fully saturated rings. The molecule has 3 N–H and O–H groups in total. The number of hydroxylamine groups is 2. The standard InChI is InChI=1S/C16H21NO6/c18-14(11-13(16(21)22)8-9-15(19)20)17(23)10-4-7-12-5-2-1-3-6-12/h1-3,5-6,13,23H,4,7-11H2,(H,19,20)(H,21,22). The number of carbonyl (C=O) groups excluding carboxylic acids is 1. The summed E-state index contributed by atoms with van der Waals surface area (Å²) in [5.41, 5.74) is 1.08. The van der Waals surface area contributed by atoms with E-state index in [1.54, 1.807) is 0 Å². The number of amides is 1. The van der Waals surface area contributed by atoms with E-state index in [2.05, 4.69) is 0 Å². The van der Waals surface area contributed by atoms with Crippen molar-refractivity contribution >= 4 is 17.8 Å². The molecule has 1 atom stereocenters. The van der Waals surface area contributed by atoms with Crippen LogP contribution in [-0.2, 0) is 20.8 Å². The zero-order chi connectivity index (χ0) is 17.2. The van der Waals surface area contributed by atoms with E-state index in [1.807, 2.05) is 30.3 Å². The molecule has 0 bridgehead atoms. The lowest BCUT2D eigenvalue weighted by Crippen LogP contribution is -2.32. The van der Waals surface area contributed by atoms with Crippen LogP contribution >= 0.6 is 0 Å². The monoisotopic (exact) mass is 323 g/mol. The number of aliphatic carboxylic acids is 2. The van der Waals surface area contributed by atoms with E-state index >= 15 is 0 Å². The molecule has 1 unspecified atom stereocenters. The third kappa shape index (κ3) is 7.42. The van der Waals surface area contributed by atoms with Gasteiger partial charge in [-0.25, -0.2) is 5.06 Å². The fourth-order valence-electron chi connectivity index (χ4n) is 2.13. The normalized spacial score (nSPS) is 11.7. The first-order valence-electron chi connectivity index (χ1n) is 7.38. The highest BCUT2D eigenvalue weighted by Gasteiger charge is 2.24. The van der Waals surface area contributed by atoms with Crippen molar-refractivity contribution in [2.45, 2.75) is 32.1 Å². The van der Waals surface area contributed by atoms with Gasteiger partial charge in [0.1, 0.15) is 0 Å². The Labute approximate surface area is 134 Å². The van der Waals surface area contributed by atoms with Gasteiger partial charge in [0.15, 0.2) is 0 Å². The molecular weight excluding hydrogens is 302 g/mol. The Morgan fingerprint density at radius 3 is 2.30 bits per heavy atom. The second-order valence-corrected chi connectivity index (χ2v) is 5.28. The average Bonchev–Trinajstić information content (AvgIpc) is 2.51. The number of hydrogen-bond acceptors (Lipinski definition) is 4. The topological polar surface area (TPSA) is 115 Å². The van der Waals surface area contributed by atoms with Gasteiger partial charge in [-0.15, -0.1) is 0 Å². The molecule has 1 amide bonds. The minimum atomic E-state index is -1.24. The van der Waals surface area contributed by atoms with Crippen LogP contribution in [0, 0.1) is 5.92 Å². The van der Waals surface area contributed by atoms with Crippen molar-refractivity contribution in [3.05, 3.63) is 35.9 Å². The van der Waals surface area contributed by atoms with Crippen molar-refractivity contribution in [3.8, 4) is 0 Å². The molecule has 0 saturated carbocycles. The molecule has 7 nitrogen and oxygen atoms in total. The highest BCUT2D eigenvalue weighted by molar-refractivity contribution is 5.82. The highest BCUT2D eigenvalue weighted by atomic mass is 16.5. The molecule has 0 radical (unpaired) electrons. The van der Waals surface area contributed by atoms with Gasteiger partial charge in [-0.2, -0.15) is 0 Å². The van der Waals surface area contributed by atoms with Gasteiger partial charge in [-0.3, -0.25) is 19.6 Å². The zero-order valence-electron chi connectivity index (χ0n) is 12.7. The van der Waals surface area contributed by atoms with Crippen LogP contribution in [0.3, 0.4) is 0 Å². The number of benzene rings is 1. The smallest absolute Gasteiger partial charge is 0.307 e. The molecule has 0 saturated heterocycles. The number of carboxylic acid groups (broad SMARTS) is 2. The van der Waals surface area contributed by atoms with Crippen LogP contribution in [0.1, 0.15) is 31.2 Å². The highest BCUT2D eigenvalue weighted by Crippen LogP contribution is 2.14. The Morgan fingerprint density at radius 1 is 1.09 bits per heavy atom. The van der Waals surface area contributed by atoms with Crippen LogP contribution in [0.25, 0.3) is 0 Å². The largest absolute Gasteiger partial charge is 0.481 e. The van der Waals surface area contributed by atoms with Gasteiger partial charge in [0.05, 0.1) is 5.92 Å². The van der Waals surface area contributed by atoms with E-state index in [-0.39, 0.29) is 19.4 Å². The second-order valence-electron chi connectivity index (χ2n) is 5.28. The van der Waals surface area contributed by atoms with Crippen molar-refractivity contribution in [1.82, 2.24) is 5.06 Å². The van der Waals surface area contributed by atoms with Crippen LogP contribution in [0.4, 0.5) is 0 Å². The Hall–Kier alpha value is -2.41. The minimum Gasteiger partial charge on any atom is -0.481 e. The summed E-state index contributed by atoms with van der Waals surface area (Å²) in [7, 11) is 0. The summed E-state index contributed by atoms with van der Waals surface area (Å²) >= 11 is 0. The maximum atomic E-state index is 11.8. The number of nitrogens with zero attached hydrogens (tertiary/aromatic N) is 1. The first kappa shape index (κ1) is 18.6. The number of hydrogen-bond donors (Lipinski definition) is 3. The van der Waals surface area contributed by atoms with Crippen molar-refractivity contribution in [2.24, 2.45) is 5.92 Å². The Balaban J connectivity index is 2.39. The first-order valence-corrected chi connectivity index (χ1v) is 7.38. The predicted octanol–water partition coefficient (Wildman–Crippen LogP) is 1.79. The van der Waals surface area contributed by atoms with E-state index in [1.165, 1.54) is 0 Å². The maximum absolute atomic E-state index is 11.8. The molecule has 1 rings (SSSR count). The van der Waals surface area contributed by atoms with Crippen LogP contribution in [0.2, 0.25) is 0 Å². The summed E-state index contributed by atoms with van der Waals surface area (Å²) in [6.45, 7) is 0.0962. The molecule has 23 heavy (non-hydrogen) atoms. The van der Waals surface area contributed by atoms with Gasteiger partial charge in [0.25, 0.3) is 0 Å². The third-order valence-electron chi connectivity index (χ3n) is 3.44. The fraction of sp³-hybridized carbons (Fsp3) is 0.438. The summed E-state index contributed by atoms with van der Waals surface area (Å²) < 4.78 is 0. The minimum absolute atomic E-state index is 0.0962. The Kier molecular flexibility index (Phi) is 7.76. The van der Waals surface area contributed by atoms with E-state index in [0.717, 1.165) is 5.56 Å². The van der Waals surface area contributed by atoms with Crippen LogP contribution in [0.15, 0.2) is 30.3 Å². The third-order valence-corrected chi connectivity index (χ3v) is 3.44. The van der Waals surface area contributed by atoms with E-state index < -0.39 is 30.2 Å². The molecule has 7 heteroatoms. The molecule has 1 aromatic rings. The average molecular weight is 323 g/mol. The fourth-order valence-corrected chi connectivity index (χ4v) is 2.13. The zero-order valence-corrected chi connectivity index (χ0v) is 12.7. The van der Waals surface area contributed by atoms with Crippen LogP contribution in [-0.4, -0.2) is 44.9 Å². The Bertz CT molecular complexity index is 531. The summed E-state index contributed by atoms with van der Waals surface area (Å²) in [5, 5.41) is 27.8. The number of aryl methyl sites for hydroxylation is 1. The second kappa shape index (κ2) is 9.58. The lowest BCUT2D eigenvalue weighted by Gasteiger charge is -2.17. The van der Waals surface area contributed by atoms with Crippen LogP contribution in [0.5, 0.6) is 0 Å². The molecular formula is C16H21NO6.